The van der Waals surface area contributed by atoms with E-state index in [-0.39, 0.29) is 18.7 Å². The van der Waals surface area contributed by atoms with Gasteiger partial charge in [-0.2, -0.15) is 0 Å². The zero-order valence-corrected chi connectivity index (χ0v) is 17.5. The number of nitrogens with one attached hydrogen (secondary N) is 2. The first-order chi connectivity index (χ1) is 13.4. The van der Waals surface area contributed by atoms with Crippen molar-refractivity contribution < 1.29 is 19.1 Å². The van der Waals surface area contributed by atoms with E-state index in [9.17, 15) is 9.59 Å². The normalized spacial score (nSPS) is 11.5. The first kappa shape index (κ1) is 23.4. The van der Waals surface area contributed by atoms with E-state index in [2.05, 4.69) is 15.6 Å². The predicted octanol–water partition coefficient (Wildman–Crippen LogP) is 3.59. The quantitative estimate of drug-likeness (QED) is 0.236. The van der Waals surface area contributed by atoms with Crippen LogP contribution in [0.5, 0.6) is 5.75 Å². The van der Waals surface area contributed by atoms with Crippen molar-refractivity contribution in [2.24, 2.45) is 10.7 Å². The van der Waals surface area contributed by atoms with Crippen LogP contribution in [-0.4, -0.2) is 30.6 Å². The van der Waals surface area contributed by atoms with Crippen molar-refractivity contribution in [1.82, 2.24) is 5.32 Å². The fraction of sp³-hybridized carbons (Fsp3) is 0.421. The molecule has 0 saturated heterocycles. The summed E-state index contributed by atoms with van der Waals surface area (Å²) in [5, 5.41) is 6.21. The van der Waals surface area contributed by atoms with E-state index < -0.39 is 5.97 Å². The predicted molar refractivity (Wildman–Crippen MR) is 113 cm³/mol. The summed E-state index contributed by atoms with van der Waals surface area (Å²) in [6, 6.07) is 4.93. The van der Waals surface area contributed by atoms with E-state index in [1.165, 1.54) is 24.9 Å². The van der Waals surface area contributed by atoms with Crippen LogP contribution in [0.3, 0.4) is 0 Å². The van der Waals surface area contributed by atoms with Gasteiger partial charge >= 0.3 is 12.0 Å². The standard InChI is InChI=1S/C19H28N4O4S/c1-5-15(6-2)22-19(25)23-16-7-8-17(14(9-16)11-26-13(3)24)27-18(28-4)10-21-12-20/h7-10,12,15H,5-6,11H2,1-4H3,(H2,20,21)(H2,22,23,25)/b18-10-. The molecule has 0 atom stereocenters. The molecular formula is C19H28N4O4S. The highest BCUT2D eigenvalue weighted by molar-refractivity contribution is 8.02. The topological polar surface area (TPSA) is 115 Å². The van der Waals surface area contributed by atoms with Gasteiger partial charge in [-0.25, -0.2) is 9.79 Å². The number of aliphatic imine (C=N–C) groups is 1. The van der Waals surface area contributed by atoms with Gasteiger partial charge in [0.15, 0.2) is 5.09 Å². The number of nitrogens with zero attached hydrogens (tertiary/aromatic N) is 1. The number of anilines is 1. The van der Waals surface area contributed by atoms with Crippen LogP contribution in [0, 0.1) is 0 Å². The molecule has 0 saturated carbocycles. The van der Waals surface area contributed by atoms with Crippen LogP contribution in [-0.2, 0) is 16.1 Å². The molecule has 9 heteroatoms. The number of esters is 1. The number of carbonyl (C=O) groups is 2. The highest BCUT2D eigenvalue weighted by atomic mass is 32.2. The highest BCUT2D eigenvalue weighted by Crippen LogP contribution is 2.28. The van der Waals surface area contributed by atoms with Gasteiger partial charge in [-0.15, -0.1) is 0 Å². The Hall–Kier alpha value is -2.68. The fourth-order valence-electron chi connectivity index (χ4n) is 2.23. The van der Waals surface area contributed by atoms with Gasteiger partial charge in [0, 0.05) is 24.2 Å². The number of amides is 2. The van der Waals surface area contributed by atoms with Gasteiger partial charge in [0.25, 0.3) is 0 Å². The van der Waals surface area contributed by atoms with Crippen LogP contribution < -0.4 is 21.1 Å². The van der Waals surface area contributed by atoms with E-state index in [4.69, 9.17) is 15.2 Å². The van der Waals surface area contributed by atoms with Crippen molar-refractivity contribution in [2.45, 2.75) is 46.3 Å². The third kappa shape index (κ3) is 8.34. The van der Waals surface area contributed by atoms with Crippen LogP contribution in [0.2, 0.25) is 0 Å². The molecule has 1 rings (SSSR count). The molecule has 0 fully saturated rings. The maximum absolute atomic E-state index is 12.2. The minimum absolute atomic E-state index is 0.0101. The number of benzene rings is 1. The molecule has 154 valence electrons. The average molecular weight is 409 g/mol. The van der Waals surface area contributed by atoms with Crippen LogP contribution in [0.1, 0.15) is 39.2 Å². The Labute approximate surface area is 169 Å². The van der Waals surface area contributed by atoms with Crippen molar-refractivity contribution in [3.8, 4) is 5.75 Å². The van der Waals surface area contributed by atoms with Crippen molar-refractivity contribution in [3.05, 3.63) is 35.1 Å². The Morgan fingerprint density at radius 1 is 1.32 bits per heavy atom. The molecule has 0 unspecified atom stereocenters. The van der Waals surface area contributed by atoms with Crippen LogP contribution in [0.25, 0.3) is 0 Å². The summed E-state index contributed by atoms with van der Waals surface area (Å²) in [4.78, 5) is 27.2. The fourth-order valence-corrected chi connectivity index (χ4v) is 2.57. The molecule has 0 aliphatic carbocycles. The largest absolute Gasteiger partial charge is 0.461 e. The maximum Gasteiger partial charge on any atom is 0.319 e. The van der Waals surface area contributed by atoms with E-state index in [0.717, 1.165) is 19.2 Å². The lowest BCUT2D eigenvalue weighted by Gasteiger charge is -2.17. The van der Waals surface area contributed by atoms with E-state index in [1.807, 2.05) is 20.1 Å². The number of ether oxygens (including phenoxy) is 2. The van der Waals surface area contributed by atoms with Crippen molar-refractivity contribution in [3.63, 3.8) is 0 Å². The van der Waals surface area contributed by atoms with Gasteiger partial charge in [-0.3, -0.25) is 4.79 Å². The number of hydrogen-bond acceptors (Lipinski definition) is 6. The number of hydrogen-bond donors (Lipinski definition) is 3. The lowest BCUT2D eigenvalue weighted by atomic mass is 10.1. The van der Waals surface area contributed by atoms with E-state index >= 15 is 0 Å². The lowest BCUT2D eigenvalue weighted by molar-refractivity contribution is -0.142. The maximum atomic E-state index is 12.2. The monoisotopic (exact) mass is 408 g/mol. The Bertz CT molecular complexity index is 718. The zero-order chi connectivity index (χ0) is 20.9. The van der Waals surface area contributed by atoms with Gasteiger partial charge in [0.2, 0.25) is 0 Å². The molecule has 0 spiro atoms. The Kier molecular flexibility index (Phi) is 10.6. The first-order valence-electron chi connectivity index (χ1n) is 8.92. The molecule has 0 radical (unpaired) electrons. The molecule has 1 aromatic rings. The molecule has 28 heavy (non-hydrogen) atoms. The number of thioether (sulfide) groups is 1. The minimum atomic E-state index is -0.413. The van der Waals surface area contributed by atoms with Crippen molar-refractivity contribution >= 4 is 35.8 Å². The molecule has 4 N–H and O–H groups in total. The summed E-state index contributed by atoms with van der Waals surface area (Å²) in [6.07, 6.45) is 6.18. The molecule has 2 amide bonds. The van der Waals surface area contributed by atoms with Crippen LogP contribution in [0.15, 0.2) is 34.5 Å². The number of carbonyl (C=O) groups excluding carboxylic acids is 2. The molecular weight excluding hydrogens is 380 g/mol. The van der Waals surface area contributed by atoms with Crippen molar-refractivity contribution in [1.29, 1.82) is 0 Å². The Morgan fingerprint density at radius 3 is 2.61 bits per heavy atom. The molecule has 0 aliphatic heterocycles. The van der Waals surface area contributed by atoms with Crippen LogP contribution >= 0.6 is 11.8 Å². The molecule has 0 heterocycles. The molecule has 0 bridgehead atoms. The minimum Gasteiger partial charge on any atom is -0.461 e. The molecule has 1 aromatic carbocycles. The molecule has 0 aromatic heterocycles. The molecule has 8 nitrogen and oxygen atoms in total. The van der Waals surface area contributed by atoms with Gasteiger partial charge < -0.3 is 25.8 Å². The van der Waals surface area contributed by atoms with Gasteiger partial charge in [-0.05, 0) is 37.3 Å². The summed E-state index contributed by atoms with van der Waals surface area (Å²) in [6.45, 7) is 5.37. The third-order valence-electron chi connectivity index (χ3n) is 3.75. The summed E-state index contributed by atoms with van der Waals surface area (Å²) in [5.41, 5.74) is 6.42. The van der Waals surface area contributed by atoms with Gasteiger partial charge in [0.1, 0.15) is 12.4 Å². The first-order valence-corrected chi connectivity index (χ1v) is 10.1. The van der Waals surface area contributed by atoms with E-state index in [0.29, 0.717) is 22.1 Å². The second kappa shape index (κ2) is 12.7. The Morgan fingerprint density at radius 2 is 2.04 bits per heavy atom. The van der Waals surface area contributed by atoms with Crippen LogP contribution in [0.4, 0.5) is 10.5 Å². The SMILES string of the molecule is CCC(CC)NC(=O)Nc1ccc(O/C(=C/N=CN)SC)c(COC(C)=O)c1. The summed E-state index contributed by atoms with van der Waals surface area (Å²) in [5.74, 6) is 0.0733. The summed E-state index contributed by atoms with van der Waals surface area (Å²) in [7, 11) is 0. The van der Waals surface area contributed by atoms with Crippen molar-refractivity contribution in [2.75, 3.05) is 11.6 Å². The van der Waals surface area contributed by atoms with E-state index in [1.54, 1.807) is 18.2 Å². The summed E-state index contributed by atoms with van der Waals surface area (Å²) < 4.78 is 10.9. The average Bonchev–Trinajstić information content (AvgIpc) is 2.68. The second-order valence-corrected chi connectivity index (χ2v) is 6.58. The lowest BCUT2D eigenvalue weighted by Crippen LogP contribution is -2.37. The number of rotatable bonds is 10. The molecule has 0 aliphatic rings. The zero-order valence-electron chi connectivity index (χ0n) is 16.7. The number of urea groups is 1. The van der Waals surface area contributed by atoms with Gasteiger partial charge in [-0.1, -0.05) is 25.6 Å². The highest BCUT2D eigenvalue weighted by Gasteiger charge is 2.12. The smallest absolute Gasteiger partial charge is 0.319 e. The second-order valence-electron chi connectivity index (χ2n) is 5.77. The summed E-state index contributed by atoms with van der Waals surface area (Å²) >= 11 is 1.35. The number of nitrogens with two attached hydrogens (primary N) is 1. The Balaban J connectivity index is 3.01. The third-order valence-corrected chi connectivity index (χ3v) is 4.34. The van der Waals surface area contributed by atoms with Gasteiger partial charge in [0.05, 0.1) is 12.5 Å².